The molecule has 0 aliphatic heterocycles. The highest BCUT2D eigenvalue weighted by molar-refractivity contribution is 5.84. The number of benzene rings is 2. The predicted molar refractivity (Wildman–Crippen MR) is 101 cm³/mol. The van der Waals surface area contributed by atoms with Gasteiger partial charge < -0.3 is 9.47 Å². The first-order chi connectivity index (χ1) is 12.8. The van der Waals surface area contributed by atoms with Crippen molar-refractivity contribution in [2.75, 3.05) is 14.2 Å². The van der Waals surface area contributed by atoms with E-state index in [-0.39, 0.29) is 0 Å². The summed E-state index contributed by atoms with van der Waals surface area (Å²) in [7, 11) is 3.30. The van der Waals surface area contributed by atoms with Crippen LogP contribution in [0, 0.1) is 0 Å². The van der Waals surface area contributed by atoms with E-state index in [1.807, 2.05) is 60.7 Å². The Morgan fingerprint density at radius 1 is 0.654 bits per heavy atom. The number of hydrogen-bond donors (Lipinski definition) is 0. The molecule has 2 aromatic carbocycles. The minimum atomic E-state index is 0.621. The molecular weight excluding hydrogens is 326 g/mol. The lowest BCUT2D eigenvalue weighted by molar-refractivity contribution is 0.414. The van der Waals surface area contributed by atoms with E-state index < -0.39 is 0 Å². The number of ether oxygens (including phenoxy) is 2. The highest BCUT2D eigenvalue weighted by Gasteiger charge is 2.14. The van der Waals surface area contributed by atoms with Gasteiger partial charge >= 0.3 is 0 Å². The fraction of sp³-hybridized carbons (Fsp3) is 0.0952. The largest absolute Gasteiger partial charge is 0.497 e. The monoisotopic (exact) mass is 343 g/mol. The van der Waals surface area contributed by atoms with Crippen LogP contribution in [0.2, 0.25) is 0 Å². The van der Waals surface area contributed by atoms with Gasteiger partial charge in [-0.25, -0.2) is 15.0 Å². The number of hydrogen-bond acceptors (Lipinski definition) is 5. The fourth-order valence-electron chi connectivity index (χ4n) is 2.79. The van der Waals surface area contributed by atoms with Crippen LogP contribution >= 0.6 is 0 Å². The van der Waals surface area contributed by atoms with Crippen molar-refractivity contribution in [2.24, 2.45) is 0 Å². The molecule has 26 heavy (non-hydrogen) atoms. The summed E-state index contributed by atoms with van der Waals surface area (Å²) in [5.41, 5.74) is 4.89. The van der Waals surface area contributed by atoms with E-state index in [1.54, 1.807) is 20.4 Å². The van der Waals surface area contributed by atoms with Crippen molar-refractivity contribution in [2.45, 2.75) is 0 Å². The zero-order valence-corrected chi connectivity index (χ0v) is 14.5. The summed E-state index contributed by atoms with van der Waals surface area (Å²) in [5.74, 6) is 1.60. The van der Waals surface area contributed by atoms with Gasteiger partial charge in [-0.15, -0.1) is 0 Å². The molecule has 0 bridgehead atoms. The Balaban J connectivity index is 1.93. The second-order valence-electron chi connectivity index (χ2n) is 5.72. The maximum atomic E-state index is 5.26. The first-order valence-corrected chi connectivity index (χ1v) is 8.20. The highest BCUT2D eigenvalue weighted by Crippen LogP contribution is 2.32. The Hall–Kier alpha value is -3.47. The lowest BCUT2D eigenvalue weighted by atomic mass is 10.0. The molecule has 0 saturated carbocycles. The Morgan fingerprint density at radius 2 is 1.19 bits per heavy atom. The molecule has 4 aromatic rings. The lowest BCUT2D eigenvalue weighted by Crippen LogP contribution is -1.97. The van der Waals surface area contributed by atoms with Crippen LogP contribution in [0.15, 0.2) is 66.9 Å². The molecule has 0 fully saturated rings. The normalized spacial score (nSPS) is 10.7. The van der Waals surface area contributed by atoms with Crippen molar-refractivity contribution >= 4 is 11.2 Å². The molecular formula is C21H17N3O2. The average Bonchev–Trinajstić information content (AvgIpc) is 2.73. The Bertz CT molecular complexity index is 959. The van der Waals surface area contributed by atoms with Crippen LogP contribution in [0.3, 0.4) is 0 Å². The van der Waals surface area contributed by atoms with Gasteiger partial charge in [0.05, 0.1) is 25.6 Å². The van der Waals surface area contributed by atoms with E-state index in [1.165, 1.54) is 0 Å². The molecule has 5 heteroatoms. The van der Waals surface area contributed by atoms with Gasteiger partial charge in [-0.2, -0.15) is 0 Å². The maximum absolute atomic E-state index is 5.26. The fourth-order valence-corrected chi connectivity index (χ4v) is 2.79. The Morgan fingerprint density at radius 3 is 1.73 bits per heavy atom. The van der Waals surface area contributed by atoms with E-state index in [4.69, 9.17) is 19.4 Å². The number of rotatable bonds is 4. The Labute approximate surface area is 151 Å². The smallest absolute Gasteiger partial charge is 0.178 e. The SMILES string of the molecule is COc1ccc(-c2nc3cccnc3nc2-c2ccc(OC)cc2)cc1. The van der Waals surface area contributed by atoms with E-state index in [9.17, 15) is 0 Å². The van der Waals surface area contributed by atoms with Gasteiger partial charge in [0, 0.05) is 17.3 Å². The zero-order valence-electron chi connectivity index (χ0n) is 14.5. The van der Waals surface area contributed by atoms with Gasteiger partial charge in [-0.05, 0) is 60.7 Å². The molecule has 0 amide bonds. The van der Waals surface area contributed by atoms with E-state index in [0.717, 1.165) is 39.5 Å². The molecule has 0 N–H and O–H groups in total. The van der Waals surface area contributed by atoms with Crippen LogP contribution in [0.1, 0.15) is 0 Å². The first-order valence-electron chi connectivity index (χ1n) is 8.20. The summed E-state index contributed by atoms with van der Waals surface area (Å²) in [5, 5.41) is 0. The number of methoxy groups -OCH3 is 2. The van der Waals surface area contributed by atoms with E-state index in [0.29, 0.717) is 5.65 Å². The Kier molecular flexibility index (Phi) is 4.19. The molecule has 2 heterocycles. The van der Waals surface area contributed by atoms with Gasteiger partial charge in [0.25, 0.3) is 0 Å². The molecule has 0 saturated heterocycles. The second-order valence-corrected chi connectivity index (χ2v) is 5.72. The third kappa shape index (κ3) is 2.95. The number of aromatic nitrogens is 3. The third-order valence-corrected chi connectivity index (χ3v) is 4.17. The maximum Gasteiger partial charge on any atom is 0.178 e. The number of nitrogens with zero attached hydrogens (tertiary/aromatic N) is 3. The van der Waals surface area contributed by atoms with Crippen LogP contribution in [-0.4, -0.2) is 29.2 Å². The predicted octanol–water partition coefficient (Wildman–Crippen LogP) is 4.38. The number of pyridine rings is 1. The van der Waals surface area contributed by atoms with Crippen molar-refractivity contribution < 1.29 is 9.47 Å². The topological polar surface area (TPSA) is 57.1 Å². The molecule has 0 spiro atoms. The van der Waals surface area contributed by atoms with Gasteiger partial charge in [0.2, 0.25) is 0 Å². The van der Waals surface area contributed by atoms with Crippen LogP contribution in [0.4, 0.5) is 0 Å². The van der Waals surface area contributed by atoms with Crippen molar-refractivity contribution in [3.8, 4) is 34.0 Å². The van der Waals surface area contributed by atoms with Crippen molar-refractivity contribution in [1.82, 2.24) is 15.0 Å². The molecule has 5 nitrogen and oxygen atoms in total. The molecule has 0 aliphatic carbocycles. The van der Waals surface area contributed by atoms with Gasteiger partial charge in [0.15, 0.2) is 5.65 Å². The first kappa shape index (κ1) is 16.0. The van der Waals surface area contributed by atoms with Crippen LogP contribution in [0.5, 0.6) is 11.5 Å². The van der Waals surface area contributed by atoms with Crippen molar-refractivity contribution in [1.29, 1.82) is 0 Å². The highest BCUT2D eigenvalue weighted by atomic mass is 16.5. The lowest BCUT2D eigenvalue weighted by Gasteiger charge is -2.11. The molecule has 2 aromatic heterocycles. The zero-order chi connectivity index (χ0) is 17.9. The molecule has 4 rings (SSSR count). The van der Waals surface area contributed by atoms with Gasteiger partial charge in [-0.1, -0.05) is 0 Å². The van der Waals surface area contributed by atoms with E-state index >= 15 is 0 Å². The summed E-state index contributed by atoms with van der Waals surface area (Å²) in [6, 6.07) is 19.4. The summed E-state index contributed by atoms with van der Waals surface area (Å²) in [4.78, 5) is 13.9. The quantitative estimate of drug-likeness (QED) is 0.550. The van der Waals surface area contributed by atoms with E-state index in [2.05, 4.69) is 4.98 Å². The van der Waals surface area contributed by atoms with Gasteiger partial charge in [0.1, 0.15) is 17.0 Å². The summed E-state index contributed by atoms with van der Waals surface area (Å²) < 4.78 is 10.5. The molecule has 0 aliphatic rings. The minimum Gasteiger partial charge on any atom is -0.497 e. The van der Waals surface area contributed by atoms with Crippen LogP contribution < -0.4 is 9.47 Å². The molecule has 0 atom stereocenters. The van der Waals surface area contributed by atoms with Crippen molar-refractivity contribution in [3.05, 3.63) is 66.9 Å². The second kappa shape index (κ2) is 6.80. The van der Waals surface area contributed by atoms with Gasteiger partial charge in [-0.3, -0.25) is 0 Å². The number of fused-ring (bicyclic) bond motifs is 1. The summed E-state index contributed by atoms with van der Waals surface area (Å²) in [6.07, 6.45) is 1.72. The standard InChI is InChI=1S/C21H17N3O2/c1-25-16-9-5-14(6-10-16)19-20(15-7-11-17(26-2)12-8-15)24-21-18(23-19)4-3-13-22-21/h3-13H,1-2H3. The van der Waals surface area contributed by atoms with Crippen LogP contribution in [0.25, 0.3) is 33.7 Å². The van der Waals surface area contributed by atoms with Crippen molar-refractivity contribution in [3.63, 3.8) is 0 Å². The summed E-state index contributed by atoms with van der Waals surface area (Å²) >= 11 is 0. The third-order valence-electron chi connectivity index (χ3n) is 4.17. The minimum absolute atomic E-state index is 0.621. The average molecular weight is 343 g/mol. The molecule has 0 radical (unpaired) electrons. The summed E-state index contributed by atoms with van der Waals surface area (Å²) in [6.45, 7) is 0. The van der Waals surface area contributed by atoms with Crippen LogP contribution in [-0.2, 0) is 0 Å². The molecule has 128 valence electrons. The molecule has 0 unspecified atom stereocenters.